The van der Waals surface area contributed by atoms with Crippen LogP contribution in [0.15, 0.2) is 18.2 Å². The Kier molecular flexibility index (Phi) is 5.48. The minimum absolute atomic E-state index is 0.0275. The van der Waals surface area contributed by atoms with Crippen molar-refractivity contribution in [1.29, 1.82) is 0 Å². The molecule has 3 N–H and O–H groups in total. The molecule has 0 fully saturated rings. The van der Waals surface area contributed by atoms with E-state index in [0.717, 1.165) is 0 Å². The molecule has 0 saturated heterocycles. The Morgan fingerprint density at radius 3 is 2.67 bits per heavy atom. The molecule has 0 spiro atoms. The molecule has 5 nitrogen and oxygen atoms in total. The molecule has 18 heavy (non-hydrogen) atoms. The molecular formula is C11H11FINO4. The van der Waals surface area contributed by atoms with Gasteiger partial charge >= 0.3 is 5.97 Å². The number of aliphatic hydroxyl groups excluding tert-OH is 1. The average Bonchev–Trinajstić information content (AvgIpc) is 2.28. The molecule has 0 bridgehead atoms. The quantitative estimate of drug-likeness (QED) is 0.678. The average molecular weight is 367 g/mol. The number of hydrogen-bond acceptors (Lipinski definition) is 3. The Labute approximate surface area is 116 Å². The van der Waals surface area contributed by atoms with Crippen LogP contribution < -0.4 is 5.32 Å². The van der Waals surface area contributed by atoms with E-state index < -0.39 is 23.8 Å². The van der Waals surface area contributed by atoms with Crippen LogP contribution in [0.2, 0.25) is 0 Å². The van der Waals surface area contributed by atoms with Gasteiger partial charge in [-0.25, -0.2) is 9.18 Å². The van der Waals surface area contributed by atoms with Crippen LogP contribution >= 0.6 is 22.6 Å². The van der Waals surface area contributed by atoms with Crippen molar-refractivity contribution in [1.82, 2.24) is 5.32 Å². The van der Waals surface area contributed by atoms with E-state index in [-0.39, 0.29) is 13.0 Å². The van der Waals surface area contributed by atoms with Crippen molar-refractivity contribution >= 4 is 34.5 Å². The van der Waals surface area contributed by atoms with Crippen LogP contribution in [0.1, 0.15) is 16.8 Å². The van der Waals surface area contributed by atoms with Crippen LogP contribution in [0.25, 0.3) is 0 Å². The highest BCUT2D eigenvalue weighted by Gasteiger charge is 2.14. The predicted octanol–water partition coefficient (Wildman–Crippen LogP) is 0.996. The van der Waals surface area contributed by atoms with E-state index in [0.29, 0.717) is 9.13 Å². The topological polar surface area (TPSA) is 86.6 Å². The molecule has 0 aliphatic carbocycles. The Bertz CT molecular complexity index is 466. The van der Waals surface area contributed by atoms with Crippen molar-refractivity contribution in [2.75, 3.05) is 6.54 Å². The third kappa shape index (κ3) is 4.22. The molecule has 0 radical (unpaired) electrons. The zero-order valence-electron chi connectivity index (χ0n) is 9.19. The van der Waals surface area contributed by atoms with Gasteiger partial charge in [0.1, 0.15) is 5.82 Å². The number of rotatable bonds is 5. The first kappa shape index (κ1) is 14.8. The highest BCUT2D eigenvalue weighted by molar-refractivity contribution is 14.1. The summed E-state index contributed by atoms with van der Waals surface area (Å²) in [5.41, 5.74) is 0.307. The van der Waals surface area contributed by atoms with E-state index in [4.69, 9.17) is 10.2 Å². The van der Waals surface area contributed by atoms with E-state index in [1.54, 1.807) is 0 Å². The number of carbonyl (C=O) groups is 2. The van der Waals surface area contributed by atoms with Gasteiger partial charge in [-0.15, -0.1) is 0 Å². The molecule has 1 aromatic carbocycles. The van der Waals surface area contributed by atoms with Crippen molar-refractivity contribution in [2.45, 2.75) is 12.5 Å². The van der Waals surface area contributed by atoms with Crippen molar-refractivity contribution in [3.8, 4) is 0 Å². The van der Waals surface area contributed by atoms with Gasteiger partial charge in [-0.3, -0.25) is 4.79 Å². The first-order chi connectivity index (χ1) is 8.41. The molecule has 0 unspecified atom stereocenters. The van der Waals surface area contributed by atoms with E-state index in [1.807, 2.05) is 22.6 Å². The molecular weight excluding hydrogens is 356 g/mol. The number of carboxylic acid groups (broad SMARTS) is 1. The molecule has 0 heterocycles. The summed E-state index contributed by atoms with van der Waals surface area (Å²) in [6.45, 7) is 0.0275. The summed E-state index contributed by atoms with van der Waals surface area (Å²) in [6, 6.07) is 3.74. The van der Waals surface area contributed by atoms with Gasteiger partial charge in [0.15, 0.2) is 6.10 Å². The molecule has 1 aromatic rings. The maximum atomic E-state index is 12.8. The van der Waals surface area contributed by atoms with Gasteiger partial charge in [0.2, 0.25) is 0 Å². The van der Waals surface area contributed by atoms with Crippen LogP contribution in [0.3, 0.4) is 0 Å². The third-order valence-corrected chi connectivity index (χ3v) is 3.06. The summed E-state index contributed by atoms with van der Waals surface area (Å²) in [5.74, 6) is -2.20. The number of hydrogen-bond donors (Lipinski definition) is 3. The van der Waals surface area contributed by atoms with Gasteiger partial charge in [0.05, 0.1) is 5.56 Å². The number of nitrogens with one attached hydrogen (secondary N) is 1. The second kappa shape index (κ2) is 6.64. The standard InChI is InChI=1S/C11H11FINO4/c12-6-1-2-7(8(13)5-6)10(16)14-4-3-9(15)11(17)18/h1-2,5,9,15H,3-4H2,(H,14,16)(H,17,18)/t9-/m0/s1. The third-order valence-electron chi connectivity index (χ3n) is 2.16. The van der Waals surface area contributed by atoms with Crippen molar-refractivity contribution in [3.63, 3.8) is 0 Å². The van der Waals surface area contributed by atoms with Crippen LogP contribution in [0.5, 0.6) is 0 Å². The largest absolute Gasteiger partial charge is 0.479 e. The van der Waals surface area contributed by atoms with Gasteiger partial charge in [-0.1, -0.05) is 0 Å². The van der Waals surface area contributed by atoms with Crippen molar-refractivity contribution in [3.05, 3.63) is 33.1 Å². The molecule has 7 heteroatoms. The summed E-state index contributed by atoms with van der Waals surface area (Å²) in [6.07, 6.45) is -1.59. The minimum atomic E-state index is -1.50. The fraction of sp³-hybridized carbons (Fsp3) is 0.273. The summed E-state index contributed by atoms with van der Waals surface area (Å²) < 4.78 is 13.3. The first-order valence-corrected chi connectivity index (χ1v) is 6.14. The van der Waals surface area contributed by atoms with Crippen LogP contribution in [0.4, 0.5) is 4.39 Å². The van der Waals surface area contributed by atoms with Crippen molar-refractivity contribution < 1.29 is 24.2 Å². The molecule has 0 aromatic heterocycles. The van der Waals surface area contributed by atoms with E-state index in [2.05, 4.69) is 5.32 Å². The Hall–Kier alpha value is -1.22. The predicted molar refractivity (Wildman–Crippen MR) is 69.7 cm³/mol. The lowest BCUT2D eigenvalue weighted by atomic mass is 10.2. The Morgan fingerprint density at radius 2 is 2.11 bits per heavy atom. The lowest BCUT2D eigenvalue weighted by Gasteiger charge is -2.08. The lowest BCUT2D eigenvalue weighted by Crippen LogP contribution is -2.30. The van der Waals surface area contributed by atoms with E-state index >= 15 is 0 Å². The second-order valence-electron chi connectivity index (χ2n) is 3.52. The molecule has 0 saturated carbocycles. The zero-order chi connectivity index (χ0) is 13.7. The highest BCUT2D eigenvalue weighted by atomic mass is 127. The minimum Gasteiger partial charge on any atom is -0.479 e. The smallest absolute Gasteiger partial charge is 0.332 e. The zero-order valence-corrected chi connectivity index (χ0v) is 11.3. The number of aliphatic hydroxyl groups is 1. The number of benzene rings is 1. The summed E-state index contributed by atoms with van der Waals surface area (Å²) in [5, 5.41) is 19.9. The summed E-state index contributed by atoms with van der Waals surface area (Å²) in [4.78, 5) is 22.0. The lowest BCUT2D eigenvalue weighted by molar-refractivity contribution is -0.146. The van der Waals surface area contributed by atoms with Gasteiger partial charge in [-0.2, -0.15) is 0 Å². The molecule has 1 atom stereocenters. The number of carboxylic acids is 1. The molecule has 98 valence electrons. The van der Waals surface area contributed by atoms with Crippen LogP contribution in [-0.2, 0) is 4.79 Å². The number of amides is 1. The van der Waals surface area contributed by atoms with E-state index in [9.17, 15) is 14.0 Å². The molecule has 0 aliphatic rings. The van der Waals surface area contributed by atoms with Gasteiger partial charge in [0, 0.05) is 16.5 Å². The van der Waals surface area contributed by atoms with Gasteiger partial charge in [0.25, 0.3) is 5.91 Å². The fourth-order valence-corrected chi connectivity index (χ4v) is 1.94. The number of carbonyl (C=O) groups excluding carboxylic acids is 1. The first-order valence-electron chi connectivity index (χ1n) is 5.06. The molecule has 1 rings (SSSR count). The number of halogens is 2. The van der Waals surface area contributed by atoms with Crippen LogP contribution in [0, 0.1) is 9.39 Å². The Morgan fingerprint density at radius 1 is 1.44 bits per heavy atom. The number of aliphatic carboxylic acids is 1. The normalized spacial score (nSPS) is 11.9. The maximum Gasteiger partial charge on any atom is 0.332 e. The fourth-order valence-electron chi connectivity index (χ4n) is 1.21. The van der Waals surface area contributed by atoms with E-state index in [1.165, 1.54) is 18.2 Å². The summed E-state index contributed by atoms with van der Waals surface area (Å²) >= 11 is 1.83. The SMILES string of the molecule is O=C(NCC[C@H](O)C(=O)O)c1ccc(F)cc1I. The summed E-state index contributed by atoms with van der Waals surface area (Å²) in [7, 11) is 0. The van der Waals surface area contributed by atoms with Crippen molar-refractivity contribution in [2.24, 2.45) is 0 Å². The second-order valence-corrected chi connectivity index (χ2v) is 4.68. The maximum absolute atomic E-state index is 12.8. The van der Waals surface area contributed by atoms with Crippen LogP contribution in [-0.4, -0.2) is 34.7 Å². The van der Waals surface area contributed by atoms with Gasteiger partial charge < -0.3 is 15.5 Å². The molecule has 1 amide bonds. The monoisotopic (exact) mass is 367 g/mol. The Balaban J connectivity index is 2.53. The highest BCUT2D eigenvalue weighted by Crippen LogP contribution is 2.13. The molecule has 0 aliphatic heterocycles. The van der Waals surface area contributed by atoms with Gasteiger partial charge in [-0.05, 0) is 40.8 Å².